The fourth-order valence-electron chi connectivity index (χ4n) is 3.45. The minimum atomic E-state index is -3.25. The summed E-state index contributed by atoms with van der Waals surface area (Å²) in [6.45, 7) is 2.31. The molecule has 1 aliphatic heterocycles. The molecule has 7 nitrogen and oxygen atoms in total. The molecule has 1 aliphatic rings. The van der Waals surface area contributed by atoms with Crippen molar-refractivity contribution in [2.45, 2.75) is 25.2 Å². The zero-order chi connectivity index (χ0) is 18.8. The molecule has 1 saturated heterocycles. The molecule has 1 N–H and O–H groups in total. The van der Waals surface area contributed by atoms with E-state index in [1.54, 1.807) is 30.9 Å². The Kier molecular flexibility index (Phi) is 5.15. The first-order valence-electron chi connectivity index (χ1n) is 8.72. The fourth-order valence-corrected chi connectivity index (χ4v) is 4.55. The van der Waals surface area contributed by atoms with Crippen molar-refractivity contribution in [3.05, 3.63) is 48.2 Å². The van der Waals surface area contributed by atoms with Crippen molar-refractivity contribution in [2.24, 2.45) is 7.05 Å². The lowest BCUT2D eigenvalue weighted by molar-refractivity contribution is -0.123. The van der Waals surface area contributed by atoms with Gasteiger partial charge in [-0.15, -0.1) is 0 Å². The van der Waals surface area contributed by atoms with Gasteiger partial charge < -0.3 is 5.32 Å². The van der Waals surface area contributed by atoms with Gasteiger partial charge in [0.05, 0.1) is 11.2 Å². The number of hydrogen-bond donors (Lipinski definition) is 1. The van der Waals surface area contributed by atoms with Crippen molar-refractivity contribution in [2.75, 3.05) is 24.2 Å². The summed E-state index contributed by atoms with van der Waals surface area (Å²) in [5.41, 5.74) is 0.139. The monoisotopic (exact) mass is 376 g/mol. The first kappa shape index (κ1) is 18.6. The van der Waals surface area contributed by atoms with Gasteiger partial charge in [0.1, 0.15) is 0 Å². The molecular weight excluding hydrogens is 352 g/mol. The van der Waals surface area contributed by atoms with Crippen LogP contribution in [0, 0.1) is 0 Å². The molecule has 0 unspecified atom stereocenters. The second-order valence-electron chi connectivity index (χ2n) is 6.58. The first-order chi connectivity index (χ1) is 12.4. The van der Waals surface area contributed by atoms with Gasteiger partial charge in [0, 0.05) is 32.4 Å². The Labute approximate surface area is 154 Å². The number of aromatic nitrogens is 2. The molecule has 1 aromatic carbocycles. The number of anilines is 1. The van der Waals surface area contributed by atoms with Gasteiger partial charge in [-0.1, -0.05) is 30.3 Å². The van der Waals surface area contributed by atoms with Gasteiger partial charge in [0.15, 0.2) is 5.82 Å². The third-order valence-corrected chi connectivity index (χ3v) is 6.93. The number of benzene rings is 1. The van der Waals surface area contributed by atoms with E-state index in [-0.39, 0.29) is 11.7 Å². The van der Waals surface area contributed by atoms with Crippen molar-refractivity contribution in [3.63, 3.8) is 0 Å². The lowest BCUT2D eigenvalue weighted by Gasteiger charge is -2.40. The lowest BCUT2D eigenvalue weighted by Crippen LogP contribution is -2.51. The quantitative estimate of drug-likeness (QED) is 0.861. The maximum atomic E-state index is 13.2. The zero-order valence-electron chi connectivity index (χ0n) is 15.1. The second kappa shape index (κ2) is 7.20. The van der Waals surface area contributed by atoms with Gasteiger partial charge in [0.2, 0.25) is 15.9 Å². The molecule has 3 rings (SSSR count). The number of hydrogen-bond acceptors (Lipinski definition) is 4. The molecule has 2 aromatic rings. The Morgan fingerprint density at radius 2 is 1.85 bits per heavy atom. The highest BCUT2D eigenvalue weighted by molar-refractivity contribution is 7.89. The normalized spacial score (nSPS) is 17.8. The molecule has 0 aliphatic carbocycles. The maximum absolute atomic E-state index is 13.2. The van der Waals surface area contributed by atoms with Gasteiger partial charge in [-0.2, -0.15) is 5.10 Å². The molecule has 26 heavy (non-hydrogen) atoms. The van der Waals surface area contributed by atoms with Crippen molar-refractivity contribution in [3.8, 4) is 0 Å². The Morgan fingerprint density at radius 3 is 2.38 bits per heavy atom. The average Bonchev–Trinajstić information content (AvgIpc) is 3.07. The highest BCUT2D eigenvalue weighted by Crippen LogP contribution is 2.37. The van der Waals surface area contributed by atoms with Crippen LogP contribution in [0.15, 0.2) is 42.6 Å². The van der Waals surface area contributed by atoms with Crippen LogP contribution in [0.5, 0.6) is 0 Å². The standard InChI is InChI=1S/C18H24N4O3S/c1-3-26(24,25)22-13-10-18(11-14-22,15-7-5-4-6-8-15)17(23)19-16-9-12-21(2)20-16/h4-9,12H,3,10-11,13-14H2,1-2H3,(H,19,20,23). The predicted octanol–water partition coefficient (Wildman–Crippen LogP) is 1.74. The van der Waals surface area contributed by atoms with E-state index in [4.69, 9.17) is 0 Å². The predicted molar refractivity (Wildman–Crippen MR) is 100 cm³/mol. The van der Waals surface area contributed by atoms with Crippen LogP contribution in [0.2, 0.25) is 0 Å². The van der Waals surface area contributed by atoms with Crippen LogP contribution in [-0.4, -0.2) is 47.3 Å². The summed E-state index contributed by atoms with van der Waals surface area (Å²) in [5, 5.41) is 7.12. The summed E-state index contributed by atoms with van der Waals surface area (Å²) in [7, 11) is -1.46. The van der Waals surface area contributed by atoms with Gasteiger partial charge >= 0.3 is 0 Å². The highest BCUT2D eigenvalue weighted by atomic mass is 32.2. The summed E-state index contributed by atoms with van der Waals surface area (Å²) < 4.78 is 27.5. The molecule has 2 heterocycles. The van der Waals surface area contributed by atoms with Gasteiger partial charge in [-0.3, -0.25) is 9.48 Å². The number of piperidine rings is 1. The summed E-state index contributed by atoms with van der Waals surface area (Å²) in [6.07, 6.45) is 2.64. The SMILES string of the molecule is CCS(=O)(=O)N1CCC(C(=O)Nc2ccn(C)n2)(c2ccccc2)CC1. The van der Waals surface area contributed by atoms with E-state index in [0.29, 0.717) is 31.7 Å². The number of carbonyl (C=O) groups is 1. The minimum absolute atomic E-state index is 0.0749. The Balaban J connectivity index is 1.89. The molecule has 1 aromatic heterocycles. The molecule has 1 amide bonds. The van der Waals surface area contributed by atoms with Crippen LogP contribution in [0.4, 0.5) is 5.82 Å². The summed E-state index contributed by atoms with van der Waals surface area (Å²) in [6, 6.07) is 11.3. The van der Waals surface area contributed by atoms with E-state index in [2.05, 4.69) is 10.4 Å². The van der Waals surface area contributed by atoms with Gasteiger partial charge in [0.25, 0.3) is 0 Å². The third-order valence-electron chi connectivity index (χ3n) is 5.05. The Bertz CT molecular complexity index is 869. The molecule has 0 spiro atoms. The number of aryl methyl sites for hydroxylation is 1. The number of amides is 1. The lowest BCUT2D eigenvalue weighted by atomic mass is 9.72. The largest absolute Gasteiger partial charge is 0.308 e. The molecule has 0 radical (unpaired) electrons. The molecule has 140 valence electrons. The molecule has 0 atom stereocenters. The van der Waals surface area contributed by atoms with Crippen LogP contribution < -0.4 is 5.32 Å². The number of rotatable bonds is 5. The van der Waals surface area contributed by atoms with E-state index in [1.165, 1.54) is 4.31 Å². The number of nitrogens with zero attached hydrogens (tertiary/aromatic N) is 3. The Hall–Kier alpha value is -2.19. The smallest absolute Gasteiger partial charge is 0.236 e. The van der Waals surface area contributed by atoms with Crippen molar-refractivity contribution < 1.29 is 13.2 Å². The molecule has 0 saturated carbocycles. The van der Waals surface area contributed by atoms with E-state index < -0.39 is 15.4 Å². The molecule has 8 heteroatoms. The highest BCUT2D eigenvalue weighted by Gasteiger charge is 2.44. The minimum Gasteiger partial charge on any atom is -0.308 e. The summed E-state index contributed by atoms with van der Waals surface area (Å²) in [4.78, 5) is 13.2. The van der Waals surface area contributed by atoms with E-state index in [9.17, 15) is 13.2 Å². The number of sulfonamides is 1. The van der Waals surface area contributed by atoms with Gasteiger partial charge in [-0.25, -0.2) is 12.7 Å². The van der Waals surface area contributed by atoms with Crippen LogP contribution in [0.3, 0.4) is 0 Å². The number of nitrogens with one attached hydrogen (secondary N) is 1. The van der Waals surface area contributed by atoms with E-state index in [1.807, 2.05) is 30.3 Å². The average molecular weight is 376 g/mol. The summed E-state index contributed by atoms with van der Waals surface area (Å²) >= 11 is 0. The first-order valence-corrected chi connectivity index (χ1v) is 10.3. The molecule has 1 fully saturated rings. The van der Waals surface area contributed by atoms with Crippen LogP contribution in [-0.2, 0) is 27.3 Å². The molecule has 0 bridgehead atoms. The maximum Gasteiger partial charge on any atom is 0.236 e. The molecular formula is C18H24N4O3S. The van der Waals surface area contributed by atoms with Crippen molar-refractivity contribution in [1.82, 2.24) is 14.1 Å². The zero-order valence-corrected chi connectivity index (χ0v) is 15.9. The second-order valence-corrected chi connectivity index (χ2v) is 8.83. The Morgan fingerprint density at radius 1 is 1.19 bits per heavy atom. The fraction of sp³-hybridized carbons (Fsp3) is 0.444. The van der Waals surface area contributed by atoms with Crippen LogP contribution in [0.1, 0.15) is 25.3 Å². The topological polar surface area (TPSA) is 84.3 Å². The number of carbonyl (C=O) groups excluding carboxylic acids is 1. The van der Waals surface area contributed by atoms with Crippen molar-refractivity contribution in [1.29, 1.82) is 0 Å². The van der Waals surface area contributed by atoms with Crippen LogP contribution in [0.25, 0.3) is 0 Å². The summed E-state index contributed by atoms with van der Waals surface area (Å²) in [5.74, 6) is 0.429. The van der Waals surface area contributed by atoms with E-state index in [0.717, 1.165) is 5.56 Å². The van der Waals surface area contributed by atoms with Crippen molar-refractivity contribution >= 4 is 21.7 Å². The van der Waals surface area contributed by atoms with E-state index >= 15 is 0 Å². The van der Waals surface area contributed by atoms with Crippen LogP contribution >= 0.6 is 0 Å². The third kappa shape index (κ3) is 3.52. The van der Waals surface area contributed by atoms with Gasteiger partial charge in [-0.05, 0) is 25.3 Å².